The number of hydrogen-bond acceptors (Lipinski definition) is 3. The Hall–Kier alpha value is -1.60. The summed E-state index contributed by atoms with van der Waals surface area (Å²) in [5.41, 5.74) is 0.222. The van der Waals surface area contributed by atoms with Gasteiger partial charge >= 0.3 is 13.2 Å². The number of nitrogens with one attached hydrogen (secondary N) is 1. The number of rotatable bonds is 3. The standard InChI is InChI=1S/C15H21BFNO4/c1-9-10(8-18-13(19)20)6-7-11(12(9)17)16-21-14(2,3)15(4,5)22-16/h6-7,18H,8H2,1-5H3,(H,19,20). The van der Waals surface area contributed by atoms with Crippen molar-refractivity contribution in [3.63, 3.8) is 0 Å². The smallest absolute Gasteiger partial charge is 0.465 e. The third-order valence-corrected chi connectivity index (χ3v) is 4.47. The van der Waals surface area contributed by atoms with Crippen LogP contribution in [0.2, 0.25) is 0 Å². The zero-order valence-electron chi connectivity index (χ0n) is 13.5. The van der Waals surface area contributed by atoms with Gasteiger partial charge in [-0.1, -0.05) is 12.1 Å². The lowest BCUT2D eigenvalue weighted by molar-refractivity contribution is 0.00578. The summed E-state index contributed by atoms with van der Waals surface area (Å²) in [7, 11) is -0.773. The van der Waals surface area contributed by atoms with Crippen molar-refractivity contribution in [2.24, 2.45) is 0 Å². The van der Waals surface area contributed by atoms with Crippen molar-refractivity contribution < 1.29 is 23.6 Å². The summed E-state index contributed by atoms with van der Waals surface area (Å²) in [5, 5.41) is 10.9. The van der Waals surface area contributed by atoms with Crippen molar-refractivity contribution in [2.75, 3.05) is 0 Å². The minimum absolute atomic E-state index is 0.0573. The molecule has 1 amide bonds. The molecule has 0 aromatic heterocycles. The van der Waals surface area contributed by atoms with Crippen molar-refractivity contribution in [1.82, 2.24) is 5.32 Å². The Bertz CT molecular complexity index is 587. The van der Waals surface area contributed by atoms with Gasteiger partial charge in [-0.15, -0.1) is 0 Å². The highest BCUT2D eigenvalue weighted by Gasteiger charge is 2.52. The van der Waals surface area contributed by atoms with E-state index in [1.165, 1.54) is 0 Å². The van der Waals surface area contributed by atoms with E-state index in [9.17, 15) is 9.18 Å². The molecule has 0 unspecified atom stereocenters. The number of hydrogen-bond donors (Lipinski definition) is 2. The Morgan fingerprint density at radius 2 is 1.82 bits per heavy atom. The SMILES string of the molecule is Cc1c(CNC(=O)O)ccc(B2OC(C)(C)C(C)(C)O2)c1F. The summed E-state index contributed by atoms with van der Waals surface area (Å²) >= 11 is 0. The van der Waals surface area contributed by atoms with E-state index >= 15 is 0 Å². The summed E-state index contributed by atoms with van der Waals surface area (Å²) < 4.78 is 26.3. The first-order chi connectivity index (χ1) is 10.0. The molecule has 0 bridgehead atoms. The lowest BCUT2D eigenvalue weighted by Crippen LogP contribution is -2.41. The molecule has 1 aromatic rings. The van der Waals surface area contributed by atoms with Crippen LogP contribution in [0.5, 0.6) is 0 Å². The number of halogens is 1. The van der Waals surface area contributed by atoms with E-state index in [0.29, 0.717) is 16.6 Å². The van der Waals surface area contributed by atoms with Crippen molar-refractivity contribution >= 4 is 18.7 Å². The monoisotopic (exact) mass is 309 g/mol. The first-order valence-corrected chi connectivity index (χ1v) is 7.15. The predicted octanol–water partition coefficient (Wildman–Crippen LogP) is 2.20. The van der Waals surface area contributed by atoms with E-state index in [-0.39, 0.29) is 6.54 Å². The molecule has 1 aliphatic rings. The summed E-state index contributed by atoms with van der Waals surface area (Å²) in [4.78, 5) is 10.5. The van der Waals surface area contributed by atoms with Crippen LogP contribution in [0.4, 0.5) is 9.18 Å². The quantitative estimate of drug-likeness (QED) is 0.840. The van der Waals surface area contributed by atoms with Gasteiger partial charge in [0.05, 0.1) is 11.2 Å². The maximum atomic E-state index is 14.6. The predicted molar refractivity (Wildman–Crippen MR) is 81.7 cm³/mol. The highest BCUT2D eigenvalue weighted by Crippen LogP contribution is 2.36. The highest BCUT2D eigenvalue weighted by atomic mass is 19.1. The van der Waals surface area contributed by atoms with Gasteiger partial charge in [-0.2, -0.15) is 0 Å². The van der Waals surface area contributed by atoms with Crippen LogP contribution in [0.3, 0.4) is 0 Å². The fourth-order valence-electron chi connectivity index (χ4n) is 2.26. The fourth-order valence-corrected chi connectivity index (χ4v) is 2.26. The van der Waals surface area contributed by atoms with Crippen molar-refractivity contribution in [2.45, 2.75) is 52.4 Å². The van der Waals surface area contributed by atoms with Gasteiger partial charge < -0.3 is 19.7 Å². The average molecular weight is 309 g/mol. The van der Waals surface area contributed by atoms with E-state index in [1.807, 2.05) is 27.7 Å². The molecule has 0 saturated carbocycles. The zero-order chi connectivity index (χ0) is 16.7. The van der Waals surface area contributed by atoms with Gasteiger partial charge in [0.2, 0.25) is 0 Å². The molecule has 2 rings (SSSR count). The molecule has 22 heavy (non-hydrogen) atoms. The minimum Gasteiger partial charge on any atom is -0.465 e. The van der Waals surface area contributed by atoms with Crippen molar-refractivity contribution in [3.8, 4) is 0 Å². The third-order valence-electron chi connectivity index (χ3n) is 4.47. The van der Waals surface area contributed by atoms with Gasteiger partial charge in [0.15, 0.2) is 0 Å². The molecule has 5 nitrogen and oxygen atoms in total. The zero-order valence-corrected chi connectivity index (χ0v) is 13.5. The van der Waals surface area contributed by atoms with Crippen LogP contribution < -0.4 is 10.8 Å². The van der Waals surface area contributed by atoms with Gasteiger partial charge in [0.25, 0.3) is 0 Å². The Morgan fingerprint density at radius 3 is 2.32 bits per heavy atom. The van der Waals surface area contributed by atoms with E-state index < -0.39 is 30.2 Å². The van der Waals surface area contributed by atoms with Crippen LogP contribution in [-0.2, 0) is 15.9 Å². The largest absolute Gasteiger partial charge is 0.497 e. The Labute approximate surface area is 130 Å². The third kappa shape index (κ3) is 2.96. The van der Waals surface area contributed by atoms with Crippen LogP contribution in [-0.4, -0.2) is 29.5 Å². The summed E-state index contributed by atoms with van der Waals surface area (Å²) in [6.45, 7) is 9.29. The molecule has 0 radical (unpaired) electrons. The average Bonchev–Trinajstić information content (AvgIpc) is 2.60. The fraction of sp³-hybridized carbons (Fsp3) is 0.533. The first-order valence-electron chi connectivity index (χ1n) is 7.15. The molecule has 0 aliphatic carbocycles. The van der Waals surface area contributed by atoms with E-state index in [0.717, 1.165) is 0 Å². The highest BCUT2D eigenvalue weighted by molar-refractivity contribution is 6.62. The Balaban J connectivity index is 2.27. The van der Waals surface area contributed by atoms with Gasteiger partial charge in [-0.3, -0.25) is 0 Å². The van der Waals surface area contributed by atoms with Crippen LogP contribution in [0.25, 0.3) is 0 Å². The molecule has 7 heteroatoms. The minimum atomic E-state index is -1.14. The summed E-state index contributed by atoms with van der Waals surface area (Å²) in [6.07, 6.45) is -1.14. The number of carbonyl (C=O) groups is 1. The van der Waals surface area contributed by atoms with Crippen LogP contribution in [0, 0.1) is 12.7 Å². The van der Waals surface area contributed by atoms with Crippen LogP contribution in [0.1, 0.15) is 38.8 Å². The second kappa shape index (κ2) is 5.55. The molecule has 1 aromatic carbocycles. The molecule has 1 aliphatic heterocycles. The van der Waals surface area contributed by atoms with Crippen LogP contribution >= 0.6 is 0 Å². The van der Waals surface area contributed by atoms with E-state index in [1.54, 1.807) is 19.1 Å². The maximum Gasteiger partial charge on any atom is 0.497 e. The van der Waals surface area contributed by atoms with Gasteiger partial charge in [0.1, 0.15) is 5.82 Å². The van der Waals surface area contributed by atoms with Gasteiger partial charge in [-0.25, -0.2) is 9.18 Å². The summed E-state index contributed by atoms with van der Waals surface area (Å²) in [5.74, 6) is -0.428. The second-order valence-electron chi connectivity index (χ2n) is 6.50. The molecule has 0 spiro atoms. The Morgan fingerprint density at radius 1 is 1.27 bits per heavy atom. The molecule has 2 N–H and O–H groups in total. The second-order valence-corrected chi connectivity index (χ2v) is 6.50. The van der Waals surface area contributed by atoms with Gasteiger partial charge in [0, 0.05) is 12.0 Å². The molecule has 1 fully saturated rings. The number of carboxylic acid groups (broad SMARTS) is 1. The maximum absolute atomic E-state index is 14.6. The molecule has 1 heterocycles. The molecular formula is C15H21BFNO4. The lowest BCUT2D eigenvalue weighted by Gasteiger charge is -2.32. The number of benzene rings is 1. The van der Waals surface area contributed by atoms with Gasteiger partial charge in [-0.05, 0) is 45.7 Å². The molecule has 120 valence electrons. The Kier molecular flexibility index (Phi) is 4.23. The number of amides is 1. The van der Waals surface area contributed by atoms with E-state index in [4.69, 9.17) is 14.4 Å². The van der Waals surface area contributed by atoms with Crippen molar-refractivity contribution in [1.29, 1.82) is 0 Å². The van der Waals surface area contributed by atoms with Crippen LogP contribution in [0.15, 0.2) is 12.1 Å². The normalized spacial score (nSPS) is 19.3. The topological polar surface area (TPSA) is 67.8 Å². The lowest BCUT2D eigenvalue weighted by atomic mass is 9.77. The first kappa shape index (κ1) is 16.8. The van der Waals surface area contributed by atoms with Crippen molar-refractivity contribution in [3.05, 3.63) is 29.1 Å². The molecule has 1 saturated heterocycles. The van der Waals surface area contributed by atoms with E-state index in [2.05, 4.69) is 5.32 Å². The summed E-state index contributed by atoms with van der Waals surface area (Å²) in [6, 6.07) is 3.28. The molecular weight excluding hydrogens is 288 g/mol. The molecule has 0 atom stereocenters.